The summed E-state index contributed by atoms with van der Waals surface area (Å²) in [6, 6.07) is 9.75. The maximum Gasteiger partial charge on any atom is 0.326 e. The van der Waals surface area contributed by atoms with E-state index in [1.165, 1.54) is 7.11 Å². The van der Waals surface area contributed by atoms with Crippen molar-refractivity contribution in [3.63, 3.8) is 0 Å². The number of hydrogen-bond acceptors (Lipinski definition) is 3. The Bertz CT molecular complexity index is 434. The third kappa shape index (κ3) is 2.40. The number of hydrogen-bond donors (Lipinski definition) is 0. The van der Waals surface area contributed by atoms with Crippen LogP contribution in [0.5, 0.6) is 0 Å². The van der Waals surface area contributed by atoms with Crippen molar-refractivity contribution in [1.29, 1.82) is 5.26 Å². The Morgan fingerprint density at radius 3 is 2.62 bits per heavy atom. The molecule has 0 aliphatic carbocycles. The quantitative estimate of drug-likeness (QED) is 0.729. The molecule has 1 aromatic carbocycles. The van der Waals surface area contributed by atoms with Crippen LogP contribution in [0.1, 0.15) is 18.1 Å². The number of rotatable bonds is 3. The number of methoxy groups -OCH3 is 1. The van der Waals surface area contributed by atoms with Gasteiger partial charge < -0.3 is 4.74 Å². The van der Waals surface area contributed by atoms with Crippen molar-refractivity contribution >= 4 is 5.97 Å². The third-order valence-electron chi connectivity index (χ3n) is 2.69. The monoisotopic (exact) mass is 217 g/mol. The van der Waals surface area contributed by atoms with Crippen LogP contribution in [0.25, 0.3) is 0 Å². The van der Waals surface area contributed by atoms with Crippen molar-refractivity contribution in [2.24, 2.45) is 5.41 Å². The predicted octanol–water partition coefficient (Wildman–Crippen LogP) is 2.24. The molecule has 0 N–H and O–H groups in total. The fourth-order valence-electron chi connectivity index (χ4n) is 1.57. The summed E-state index contributed by atoms with van der Waals surface area (Å²) in [5, 5.41) is 9.09. The highest BCUT2D eigenvalue weighted by atomic mass is 16.5. The van der Waals surface area contributed by atoms with E-state index < -0.39 is 11.4 Å². The Morgan fingerprint density at radius 1 is 1.50 bits per heavy atom. The van der Waals surface area contributed by atoms with Gasteiger partial charge in [-0.3, -0.25) is 4.79 Å². The molecule has 0 bridgehead atoms. The smallest absolute Gasteiger partial charge is 0.326 e. The van der Waals surface area contributed by atoms with E-state index in [9.17, 15) is 4.79 Å². The summed E-state index contributed by atoms with van der Waals surface area (Å²) in [4.78, 5) is 11.5. The molecular weight excluding hydrogens is 202 g/mol. The van der Waals surface area contributed by atoms with Crippen LogP contribution in [0.4, 0.5) is 0 Å². The molecule has 0 saturated heterocycles. The lowest BCUT2D eigenvalue weighted by molar-refractivity contribution is -0.148. The lowest BCUT2D eigenvalue weighted by Gasteiger charge is -2.19. The van der Waals surface area contributed by atoms with Gasteiger partial charge in [0, 0.05) is 6.42 Å². The normalized spacial score (nSPS) is 13.6. The standard InChI is InChI=1S/C13H15NO2/c1-10-6-4-5-7-11(10)8-13(2,9-14)12(15)16-3/h4-7H,8H2,1-3H3/t13-/m1/s1. The Labute approximate surface area is 95.7 Å². The van der Waals surface area contributed by atoms with E-state index >= 15 is 0 Å². The van der Waals surface area contributed by atoms with Gasteiger partial charge in [-0.1, -0.05) is 24.3 Å². The van der Waals surface area contributed by atoms with E-state index in [0.717, 1.165) is 11.1 Å². The maximum atomic E-state index is 11.5. The Hall–Kier alpha value is -1.82. The summed E-state index contributed by atoms with van der Waals surface area (Å²) < 4.78 is 4.66. The SMILES string of the molecule is COC(=O)[C@@](C)(C#N)Cc1ccccc1C. The number of nitriles is 1. The van der Waals surface area contributed by atoms with E-state index in [1.807, 2.05) is 37.3 Å². The van der Waals surface area contributed by atoms with Crippen LogP contribution in [0, 0.1) is 23.7 Å². The first kappa shape index (κ1) is 12.3. The van der Waals surface area contributed by atoms with Crippen LogP contribution >= 0.6 is 0 Å². The van der Waals surface area contributed by atoms with Crippen LogP contribution < -0.4 is 0 Å². The predicted molar refractivity (Wildman–Crippen MR) is 60.6 cm³/mol. The summed E-state index contributed by atoms with van der Waals surface area (Å²) in [6.07, 6.45) is 0.378. The van der Waals surface area contributed by atoms with Crippen molar-refractivity contribution < 1.29 is 9.53 Å². The molecule has 1 aromatic rings. The van der Waals surface area contributed by atoms with Crippen LogP contribution in [-0.4, -0.2) is 13.1 Å². The minimum Gasteiger partial charge on any atom is -0.468 e. The number of carbonyl (C=O) groups is 1. The zero-order valence-corrected chi connectivity index (χ0v) is 9.78. The lowest BCUT2D eigenvalue weighted by atomic mass is 9.84. The van der Waals surface area contributed by atoms with E-state index in [0.29, 0.717) is 6.42 Å². The number of esters is 1. The third-order valence-corrected chi connectivity index (χ3v) is 2.69. The second kappa shape index (κ2) is 4.80. The second-order valence-corrected chi connectivity index (χ2v) is 4.04. The van der Waals surface area contributed by atoms with Crippen LogP contribution in [-0.2, 0) is 16.0 Å². The van der Waals surface area contributed by atoms with E-state index in [1.54, 1.807) is 6.92 Å². The zero-order valence-electron chi connectivity index (χ0n) is 9.78. The van der Waals surface area contributed by atoms with Gasteiger partial charge in [-0.05, 0) is 25.0 Å². The molecule has 0 aliphatic heterocycles. The highest BCUT2D eigenvalue weighted by Crippen LogP contribution is 2.24. The fraction of sp³-hybridized carbons (Fsp3) is 0.385. The summed E-state index contributed by atoms with van der Waals surface area (Å²) >= 11 is 0. The molecule has 0 amide bonds. The van der Waals surface area contributed by atoms with Crippen molar-refractivity contribution in [1.82, 2.24) is 0 Å². The minimum absolute atomic E-state index is 0.378. The van der Waals surface area contributed by atoms with Gasteiger partial charge >= 0.3 is 5.97 Å². The highest BCUT2D eigenvalue weighted by Gasteiger charge is 2.35. The van der Waals surface area contributed by atoms with Gasteiger partial charge in [-0.15, -0.1) is 0 Å². The van der Waals surface area contributed by atoms with Crippen LogP contribution in [0.15, 0.2) is 24.3 Å². The van der Waals surface area contributed by atoms with Crippen molar-refractivity contribution in [3.05, 3.63) is 35.4 Å². The van der Waals surface area contributed by atoms with Crippen molar-refractivity contribution in [3.8, 4) is 6.07 Å². The first-order valence-corrected chi connectivity index (χ1v) is 5.07. The molecule has 3 nitrogen and oxygen atoms in total. The Kier molecular flexibility index (Phi) is 3.68. The number of aryl methyl sites for hydroxylation is 1. The lowest BCUT2D eigenvalue weighted by Crippen LogP contribution is -2.30. The Balaban J connectivity index is 3.00. The van der Waals surface area contributed by atoms with Crippen molar-refractivity contribution in [2.45, 2.75) is 20.3 Å². The van der Waals surface area contributed by atoms with Gasteiger partial charge in [0.25, 0.3) is 0 Å². The summed E-state index contributed by atoms with van der Waals surface area (Å²) in [5.74, 6) is -0.488. The van der Waals surface area contributed by atoms with E-state index in [2.05, 4.69) is 4.74 Å². The van der Waals surface area contributed by atoms with Gasteiger partial charge in [0.2, 0.25) is 0 Å². The summed E-state index contributed by atoms with van der Waals surface area (Å²) in [5.41, 5.74) is 0.964. The van der Waals surface area contributed by atoms with Gasteiger partial charge in [0.1, 0.15) is 0 Å². The van der Waals surface area contributed by atoms with Crippen LogP contribution in [0.2, 0.25) is 0 Å². The minimum atomic E-state index is -1.11. The molecular formula is C13H15NO2. The summed E-state index contributed by atoms with van der Waals surface area (Å²) in [6.45, 7) is 3.57. The maximum absolute atomic E-state index is 11.5. The molecule has 1 atom stereocenters. The molecule has 0 heterocycles. The number of carbonyl (C=O) groups excluding carboxylic acids is 1. The fourth-order valence-corrected chi connectivity index (χ4v) is 1.57. The van der Waals surface area contributed by atoms with Gasteiger partial charge in [-0.25, -0.2) is 0 Å². The topological polar surface area (TPSA) is 50.1 Å². The molecule has 0 unspecified atom stereocenters. The van der Waals surface area contributed by atoms with Crippen LogP contribution in [0.3, 0.4) is 0 Å². The Morgan fingerprint density at radius 2 is 2.12 bits per heavy atom. The number of ether oxygens (including phenoxy) is 1. The second-order valence-electron chi connectivity index (χ2n) is 4.04. The molecule has 1 rings (SSSR count). The molecule has 0 aliphatic rings. The average Bonchev–Trinajstić information content (AvgIpc) is 2.31. The molecule has 0 spiro atoms. The van der Waals surface area contributed by atoms with Gasteiger partial charge in [-0.2, -0.15) is 5.26 Å². The molecule has 0 saturated carbocycles. The first-order chi connectivity index (χ1) is 7.53. The average molecular weight is 217 g/mol. The molecule has 3 heteroatoms. The largest absolute Gasteiger partial charge is 0.468 e. The highest BCUT2D eigenvalue weighted by molar-refractivity contribution is 5.79. The van der Waals surface area contributed by atoms with E-state index in [-0.39, 0.29) is 0 Å². The van der Waals surface area contributed by atoms with E-state index in [4.69, 9.17) is 5.26 Å². The number of benzene rings is 1. The summed E-state index contributed by atoms with van der Waals surface area (Å²) in [7, 11) is 1.30. The molecule has 16 heavy (non-hydrogen) atoms. The molecule has 0 aromatic heterocycles. The molecule has 0 radical (unpaired) electrons. The molecule has 0 fully saturated rings. The first-order valence-electron chi connectivity index (χ1n) is 5.07. The number of nitrogens with zero attached hydrogens (tertiary/aromatic N) is 1. The van der Waals surface area contributed by atoms with Gasteiger partial charge in [0.15, 0.2) is 5.41 Å². The molecule has 84 valence electrons. The van der Waals surface area contributed by atoms with Crippen molar-refractivity contribution in [2.75, 3.05) is 7.11 Å². The zero-order chi connectivity index (χ0) is 12.2. The van der Waals surface area contributed by atoms with Gasteiger partial charge in [0.05, 0.1) is 13.2 Å².